The van der Waals surface area contributed by atoms with Gasteiger partial charge in [0, 0.05) is 43.9 Å². The number of aliphatic hydroxyl groups is 3. The van der Waals surface area contributed by atoms with Crippen LogP contribution < -0.4 is 16.0 Å². The summed E-state index contributed by atoms with van der Waals surface area (Å²) in [6.45, 7) is 0. The van der Waals surface area contributed by atoms with Gasteiger partial charge in [0.25, 0.3) is 5.91 Å². The van der Waals surface area contributed by atoms with Crippen molar-refractivity contribution in [3.63, 3.8) is 0 Å². The van der Waals surface area contributed by atoms with Gasteiger partial charge in [0.1, 0.15) is 22.8 Å². The Morgan fingerprint density at radius 2 is 1.72 bits per heavy atom. The quantitative estimate of drug-likeness (QED) is 0.265. The summed E-state index contributed by atoms with van der Waals surface area (Å²) >= 11 is 0. The lowest BCUT2D eigenvalue weighted by Crippen LogP contribution is -2.65. The van der Waals surface area contributed by atoms with E-state index in [0.29, 0.717) is 22.5 Å². The third kappa shape index (κ3) is 4.42. The zero-order valence-corrected chi connectivity index (χ0v) is 24.4. The lowest BCUT2D eigenvalue weighted by atomic mass is 9.57. The number of rotatable bonds is 3. The molecule has 223 valence electrons. The minimum atomic E-state index is -2.66. The number of hydrogen-bond acceptors (Lipinski definition) is 9. The topological polar surface area (TPSA) is 174 Å². The number of aromatic hydroxyl groups is 1. The van der Waals surface area contributed by atoms with Crippen LogP contribution in [-0.4, -0.2) is 89.7 Å². The van der Waals surface area contributed by atoms with Crippen molar-refractivity contribution in [2.75, 3.05) is 40.1 Å². The normalized spacial score (nSPS) is 24.6. The van der Waals surface area contributed by atoms with Crippen LogP contribution in [-0.2, 0) is 20.8 Å². The van der Waals surface area contributed by atoms with E-state index in [2.05, 4.69) is 17.2 Å². The molecule has 3 aliphatic carbocycles. The van der Waals surface area contributed by atoms with Gasteiger partial charge in [-0.25, -0.2) is 0 Å². The second kappa shape index (κ2) is 10.5. The Morgan fingerprint density at radius 1 is 1.07 bits per heavy atom. The molecule has 1 fully saturated rings. The molecule has 6 N–H and O–H groups in total. The van der Waals surface area contributed by atoms with E-state index in [4.69, 9.17) is 5.73 Å². The number of amides is 1. The fourth-order valence-corrected chi connectivity index (χ4v) is 6.59. The molecule has 0 aromatic heterocycles. The number of nitrogens with one attached hydrogen (secondary N) is 2. The molecule has 3 aliphatic rings. The van der Waals surface area contributed by atoms with E-state index in [0.717, 1.165) is 0 Å². The second-order valence-corrected chi connectivity index (χ2v) is 11.5. The van der Waals surface area contributed by atoms with Crippen LogP contribution in [0, 0.1) is 23.7 Å². The molecule has 2 aromatic carbocycles. The summed E-state index contributed by atoms with van der Waals surface area (Å²) in [6, 6.07) is 7.10. The zero-order valence-electron chi connectivity index (χ0n) is 24.4. The maximum absolute atomic E-state index is 14.2. The Kier molecular flexibility index (Phi) is 7.24. The molecule has 0 heterocycles. The molecule has 5 rings (SSSR count). The zero-order chi connectivity index (χ0) is 31.5. The van der Waals surface area contributed by atoms with Crippen molar-refractivity contribution in [1.82, 2.24) is 16.0 Å². The van der Waals surface area contributed by atoms with E-state index < -0.39 is 58.0 Å². The van der Waals surface area contributed by atoms with Crippen molar-refractivity contribution < 1.29 is 34.8 Å². The molecule has 0 spiro atoms. The SMILES string of the molecule is CNC(=O)C1=C(O)[C@@]2(O)C(=O)C3=C(O)c4c(O)c(C#Cc5ccc([NH])cc5)cc(N(C)C)c4C[C@H]3C[C@H]2[C@H](N(C)C)C1=O. The number of hydrogen-bond donors (Lipinski definition) is 5. The number of fused-ring (bicyclic) bond motifs is 3. The number of anilines is 1. The Bertz CT molecular complexity index is 1690. The standard InChI is InChI=1S/C32H33N4O7/c1-34-31(42)24-28(39)25(36(4)5)20-13-17-12-19-21(35(2)3)14-16(9-6-15-7-10-18(33)11-8-15)26(37)23(19)27(38)22(17)29(40)32(20,43)30(24)41/h7-8,10-11,14,17,20,25,33,37-38,41,43H,12-13H2,1-5H3,(H,34,42)/t17-,20-,25-,32-/m0/s1. The van der Waals surface area contributed by atoms with E-state index in [1.807, 2.05) is 0 Å². The fourth-order valence-electron chi connectivity index (χ4n) is 6.59. The van der Waals surface area contributed by atoms with Gasteiger partial charge in [-0.1, -0.05) is 11.8 Å². The third-order valence-electron chi connectivity index (χ3n) is 8.61. The van der Waals surface area contributed by atoms with E-state index in [1.54, 1.807) is 63.4 Å². The van der Waals surface area contributed by atoms with Gasteiger partial charge in [-0.15, -0.1) is 0 Å². The Labute approximate surface area is 248 Å². The van der Waals surface area contributed by atoms with Crippen LogP contribution >= 0.6 is 0 Å². The van der Waals surface area contributed by atoms with Gasteiger partial charge in [-0.2, -0.15) is 0 Å². The highest BCUT2D eigenvalue weighted by Gasteiger charge is 2.64. The number of Topliss-reactive ketones (excluding diaryl/α,β-unsaturated/α-hetero) is 2. The predicted molar refractivity (Wildman–Crippen MR) is 159 cm³/mol. The number of carbonyl (C=O) groups excluding carboxylic acids is 3. The molecule has 43 heavy (non-hydrogen) atoms. The van der Waals surface area contributed by atoms with Gasteiger partial charge in [0.05, 0.1) is 22.9 Å². The summed E-state index contributed by atoms with van der Waals surface area (Å²) in [5.41, 5.74) is 6.39. The first-order valence-electron chi connectivity index (χ1n) is 13.7. The number of benzene rings is 2. The first kappa shape index (κ1) is 29.7. The summed E-state index contributed by atoms with van der Waals surface area (Å²) in [4.78, 5) is 43.6. The minimum Gasteiger partial charge on any atom is -0.508 e. The van der Waals surface area contributed by atoms with Crippen molar-refractivity contribution in [1.29, 1.82) is 0 Å². The van der Waals surface area contributed by atoms with Gasteiger partial charge in [-0.05, 0) is 68.8 Å². The molecule has 11 heteroatoms. The van der Waals surface area contributed by atoms with Crippen LogP contribution in [0.1, 0.15) is 28.7 Å². The van der Waals surface area contributed by atoms with Gasteiger partial charge < -0.3 is 36.4 Å². The van der Waals surface area contributed by atoms with Crippen LogP contribution in [0.25, 0.3) is 5.76 Å². The number of carbonyl (C=O) groups is 3. The van der Waals surface area contributed by atoms with Gasteiger partial charge in [0.2, 0.25) is 5.78 Å². The van der Waals surface area contributed by atoms with Crippen molar-refractivity contribution in [3.05, 3.63) is 69.5 Å². The second-order valence-electron chi connectivity index (χ2n) is 11.5. The summed E-state index contributed by atoms with van der Waals surface area (Å²) in [5, 5.41) is 48.4. The first-order chi connectivity index (χ1) is 20.2. The Hall–Kier alpha value is -4.79. The number of aliphatic hydroxyl groups excluding tert-OH is 2. The predicted octanol–water partition coefficient (Wildman–Crippen LogP) is 1.60. The van der Waals surface area contributed by atoms with E-state index in [1.165, 1.54) is 11.9 Å². The number of phenolic OH excluding ortho intramolecular Hbond substituents is 1. The number of nitrogens with zero attached hydrogens (tertiary/aromatic N) is 2. The van der Waals surface area contributed by atoms with Crippen LogP contribution in [0.2, 0.25) is 0 Å². The molecule has 1 saturated carbocycles. The highest BCUT2D eigenvalue weighted by atomic mass is 16.3. The number of phenols is 1. The van der Waals surface area contributed by atoms with Crippen LogP contribution in [0.5, 0.6) is 5.75 Å². The van der Waals surface area contributed by atoms with Crippen molar-refractivity contribution in [2.24, 2.45) is 11.8 Å². The smallest absolute Gasteiger partial charge is 0.258 e. The van der Waals surface area contributed by atoms with E-state index in [-0.39, 0.29) is 35.3 Å². The molecule has 0 bridgehead atoms. The van der Waals surface area contributed by atoms with Gasteiger partial charge >= 0.3 is 0 Å². The fraction of sp³-hybridized carbons (Fsp3) is 0.344. The molecular formula is C32H33N4O7. The third-order valence-corrected chi connectivity index (χ3v) is 8.61. The lowest BCUT2D eigenvalue weighted by Gasteiger charge is -2.50. The molecule has 1 radical (unpaired) electrons. The summed E-state index contributed by atoms with van der Waals surface area (Å²) in [7, 11) is 8.02. The highest BCUT2D eigenvalue weighted by molar-refractivity contribution is 6.25. The largest absolute Gasteiger partial charge is 0.508 e. The molecule has 4 atom stereocenters. The molecule has 0 unspecified atom stereocenters. The van der Waals surface area contributed by atoms with Gasteiger partial charge in [-0.3, -0.25) is 19.3 Å². The summed E-state index contributed by atoms with van der Waals surface area (Å²) in [6.07, 6.45) is 0.218. The van der Waals surface area contributed by atoms with Crippen LogP contribution in [0.4, 0.5) is 11.4 Å². The average Bonchev–Trinajstić information content (AvgIpc) is 2.95. The first-order valence-corrected chi connectivity index (χ1v) is 13.7. The van der Waals surface area contributed by atoms with Crippen LogP contribution in [0.15, 0.2) is 47.2 Å². The number of likely N-dealkylation sites (N-methyl/N-ethyl adjacent to an activating group) is 2. The molecule has 1 amide bonds. The van der Waals surface area contributed by atoms with Crippen molar-refractivity contribution >= 4 is 34.6 Å². The minimum absolute atomic E-state index is 0.00954. The van der Waals surface area contributed by atoms with Crippen LogP contribution in [0.3, 0.4) is 0 Å². The monoisotopic (exact) mass is 585 g/mol. The van der Waals surface area contributed by atoms with Crippen molar-refractivity contribution in [3.8, 4) is 17.6 Å². The molecule has 0 aliphatic heterocycles. The lowest BCUT2D eigenvalue weighted by molar-refractivity contribution is -0.153. The maximum atomic E-state index is 14.2. The average molecular weight is 586 g/mol. The van der Waals surface area contributed by atoms with E-state index in [9.17, 15) is 34.8 Å². The molecule has 2 aromatic rings. The van der Waals surface area contributed by atoms with E-state index >= 15 is 0 Å². The summed E-state index contributed by atoms with van der Waals surface area (Å²) < 4.78 is 0. The van der Waals surface area contributed by atoms with Gasteiger partial charge in [0.15, 0.2) is 11.4 Å². The highest BCUT2D eigenvalue weighted by Crippen LogP contribution is 2.54. The Balaban J connectivity index is 1.72. The summed E-state index contributed by atoms with van der Waals surface area (Å²) in [5.74, 6) is -0.580. The molecule has 0 saturated heterocycles. The Morgan fingerprint density at radius 3 is 2.30 bits per heavy atom. The number of ketones is 2. The molecular weight excluding hydrogens is 552 g/mol. The maximum Gasteiger partial charge on any atom is 0.258 e. The van der Waals surface area contributed by atoms with Crippen molar-refractivity contribution in [2.45, 2.75) is 24.5 Å². The molecule has 11 nitrogen and oxygen atoms in total.